The molecule has 0 aromatic heterocycles. The Morgan fingerprint density at radius 3 is 2.33 bits per heavy atom. The molecule has 1 aliphatic heterocycles. The Bertz CT molecular complexity index is 1490. The molecule has 0 atom stereocenters. The number of ether oxygens (including phenoxy) is 4. The molecule has 0 bridgehead atoms. The highest BCUT2D eigenvalue weighted by Gasteiger charge is 2.28. The summed E-state index contributed by atoms with van der Waals surface area (Å²) in [7, 11) is -1.31. The first kappa shape index (κ1) is 30.3. The van der Waals surface area contributed by atoms with Crippen molar-refractivity contribution in [2.75, 3.05) is 58.0 Å². The van der Waals surface area contributed by atoms with Gasteiger partial charge in [0.05, 0.1) is 44.2 Å². The second-order valence-electron chi connectivity index (χ2n) is 9.01. The number of sulfonamides is 1. The van der Waals surface area contributed by atoms with Gasteiger partial charge in [0.15, 0.2) is 18.1 Å². The fourth-order valence-electron chi connectivity index (χ4n) is 4.06. The number of carbonyl (C=O) groups is 2. The summed E-state index contributed by atoms with van der Waals surface area (Å²) in [5.74, 6) is 0.360. The maximum absolute atomic E-state index is 13.6. The van der Waals surface area contributed by atoms with Gasteiger partial charge < -0.3 is 23.8 Å². The monoisotopic (exact) mass is 596 g/mol. The average molecular weight is 597 g/mol. The third-order valence-corrected chi connectivity index (χ3v) is 8.05. The van der Waals surface area contributed by atoms with Crippen LogP contribution in [0, 0.1) is 0 Å². The van der Waals surface area contributed by atoms with Crippen LogP contribution < -0.4 is 23.9 Å². The molecule has 1 aliphatic rings. The normalized spacial score (nSPS) is 13.4. The van der Waals surface area contributed by atoms with Gasteiger partial charge in [0.25, 0.3) is 21.8 Å². The van der Waals surface area contributed by atoms with Crippen LogP contribution in [0.1, 0.15) is 5.56 Å². The van der Waals surface area contributed by atoms with Crippen LogP contribution in [0.3, 0.4) is 0 Å². The topological polar surface area (TPSA) is 136 Å². The van der Waals surface area contributed by atoms with Gasteiger partial charge in [-0.3, -0.25) is 13.9 Å². The maximum atomic E-state index is 13.6. The van der Waals surface area contributed by atoms with Crippen molar-refractivity contribution in [3.63, 3.8) is 0 Å². The number of anilines is 1. The number of carbonyl (C=O) groups excluding carboxylic acids is 2. The van der Waals surface area contributed by atoms with Crippen molar-refractivity contribution in [1.82, 2.24) is 10.3 Å². The first-order valence-electron chi connectivity index (χ1n) is 13.0. The number of hydrogen-bond donors (Lipinski definition) is 1. The number of para-hydroxylation sites is 1. The van der Waals surface area contributed by atoms with Crippen LogP contribution in [-0.2, 0) is 24.3 Å². The fourth-order valence-corrected chi connectivity index (χ4v) is 5.49. The number of amides is 2. The quantitative estimate of drug-likeness (QED) is 0.249. The Morgan fingerprint density at radius 1 is 0.976 bits per heavy atom. The van der Waals surface area contributed by atoms with Gasteiger partial charge in [-0.15, -0.1) is 0 Å². The van der Waals surface area contributed by atoms with Gasteiger partial charge in [-0.25, -0.2) is 13.8 Å². The zero-order valence-electron chi connectivity index (χ0n) is 23.3. The van der Waals surface area contributed by atoms with Crippen LogP contribution in [0.2, 0.25) is 0 Å². The first-order valence-corrected chi connectivity index (χ1v) is 14.5. The minimum atomic E-state index is -4.17. The number of nitrogens with zero attached hydrogens (tertiary/aromatic N) is 3. The highest BCUT2D eigenvalue weighted by atomic mass is 32.2. The summed E-state index contributed by atoms with van der Waals surface area (Å²) in [6, 6.07) is 19.3. The molecule has 13 heteroatoms. The van der Waals surface area contributed by atoms with E-state index < -0.39 is 22.5 Å². The molecule has 0 radical (unpaired) electrons. The van der Waals surface area contributed by atoms with Gasteiger partial charge in [0.2, 0.25) is 0 Å². The molecule has 0 spiro atoms. The van der Waals surface area contributed by atoms with E-state index in [1.165, 1.54) is 38.6 Å². The molecular formula is C29H32N4O8S. The van der Waals surface area contributed by atoms with E-state index in [1.807, 2.05) is 0 Å². The largest absolute Gasteiger partial charge is 0.493 e. The molecule has 3 aromatic carbocycles. The van der Waals surface area contributed by atoms with E-state index >= 15 is 0 Å². The first-order chi connectivity index (χ1) is 20.3. The summed E-state index contributed by atoms with van der Waals surface area (Å²) in [6.07, 6.45) is 1.41. The maximum Gasteiger partial charge on any atom is 0.264 e. The molecule has 0 unspecified atom stereocenters. The molecule has 1 fully saturated rings. The van der Waals surface area contributed by atoms with E-state index in [-0.39, 0.29) is 23.2 Å². The van der Waals surface area contributed by atoms with E-state index in [0.29, 0.717) is 49.1 Å². The summed E-state index contributed by atoms with van der Waals surface area (Å²) in [6.45, 7) is 1.54. The summed E-state index contributed by atoms with van der Waals surface area (Å²) in [5, 5.41) is 3.96. The van der Waals surface area contributed by atoms with Crippen molar-refractivity contribution in [3.05, 3.63) is 78.4 Å². The van der Waals surface area contributed by atoms with Crippen molar-refractivity contribution in [2.45, 2.75) is 4.90 Å². The zero-order chi connectivity index (χ0) is 30.0. The number of hydrazone groups is 1. The number of hydrogen-bond acceptors (Lipinski definition) is 9. The molecule has 3 aromatic rings. The van der Waals surface area contributed by atoms with Crippen LogP contribution in [0.5, 0.6) is 17.2 Å². The molecule has 0 saturated carbocycles. The molecule has 1 heterocycles. The fraction of sp³-hybridized carbons (Fsp3) is 0.276. The molecule has 12 nitrogen and oxygen atoms in total. The molecule has 1 N–H and O–H groups in total. The Kier molecular flexibility index (Phi) is 10.3. The molecule has 222 valence electrons. The van der Waals surface area contributed by atoms with Crippen LogP contribution in [0.25, 0.3) is 0 Å². The summed E-state index contributed by atoms with van der Waals surface area (Å²) in [5.41, 5.74) is 3.33. The number of benzene rings is 3. The summed E-state index contributed by atoms with van der Waals surface area (Å²) >= 11 is 0. The third-order valence-electron chi connectivity index (χ3n) is 6.28. The van der Waals surface area contributed by atoms with Crippen LogP contribution in [0.4, 0.5) is 5.69 Å². The lowest BCUT2D eigenvalue weighted by molar-refractivity contribution is -0.137. The molecular weight excluding hydrogens is 564 g/mol. The second kappa shape index (κ2) is 14.3. The van der Waals surface area contributed by atoms with Gasteiger partial charge in [0, 0.05) is 19.2 Å². The molecule has 42 heavy (non-hydrogen) atoms. The Morgan fingerprint density at radius 2 is 1.67 bits per heavy atom. The van der Waals surface area contributed by atoms with Crippen molar-refractivity contribution >= 4 is 33.7 Å². The average Bonchev–Trinajstić information content (AvgIpc) is 3.03. The smallest absolute Gasteiger partial charge is 0.264 e. The minimum absolute atomic E-state index is 0.0748. The van der Waals surface area contributed by atoms with E-state index in [9.17, 15) is 18.0 Å². The van der Waals surface area contributed by atoms with Gasteiger partial charge >= 0.3 is 0 Å². The van der Waals surface area contributed by atoms with E-state index in [2.05, 4.69) is 10.5 Å². The predicted octanol–water partition coefficient (Wildman–Crippen LogP) is 2.29. The molecule has 0 aliphatic carbocycles. The van der Waals surface area contributed by atoms with Crippen molar-refractivity contribution in [2.24, 2.45) is 5.10 Å². The Labute approximate surface area is 244 Å². The highest BCUT2D eigenvalue weighted by molar-refractivity contribution is 7.92. The second-order valence-corrected chi connectivity index (χ2v) is 10.9. The Balaban J connectivity index is 1.38. The van der Waals surface area contributed by atoms with Crippen molar-refractivity contribution < 1.29 is 37.0 Å². The third kappa shape index (κ3) is 7.77. The van der Waals surface area contributed by atoms with E-state index in [4.69, 9.17) is 18.9 Å². The van der Waals surface area contributed by atoms with Gasteiger partial charge in [0.1, 0.15) is 12.3 Å². The standard InChI is InChI=1S/C29H32N4O8S/c1-38-26-13-12-25(18-27(26)39-2)42(36,37)33(23-6-4-3-5-7-23)20-28(34)31-30-19-22-8-10-24(11-9-22)41-21-29(35)32-14-16-40-17-15-32/h3-13,18-19H,14-17,20-21H2,1-2H3,(H,31,34)/b30-19-. The predicted molar refractivity (Wildman–Crippen MR) is 156 cm³/mol. The van der Waals surface area contributed by atoms with Crippen molar-refractivity contribution in [3.8, 4) is 17.2 Å². The number of methoxy groups -OCH3 is 2. The van der Waals surface area contributed by atoms with Gasteiger partial charge in [-0.2, -0.15) is 5.10 Å². The lowest BCUT2D eigenvalue weighted by Gasteiger charge is -2.26. The Hall–Kier alpha value is -4.62. The zero-order valence-corrected chi connectivity index (χ0v) is 24.1. The lowest BCUT2D eigenvalue weighted by atomic mass is 10.2. The van der Waals surface area contributed by atoms with Crippen molar-refractivity contribution in [1.29, 1.82) is 0 Å². The molecule has 1 saturated heterocycles. The van der Waals surface area contributed by atoms with E-state index in [1.54, 1.807) is 59.5 Å². The van der Waals surface area contributed by atoms with Crippen LogP contribution in [-0.4, -0.2) is 85.0 Å². The van der Waals surface area contributed by atoms with Crippen LogP contribution in [0.15, 0.2) is 82.8 Å². The van der Waals surface area contributed by atoms with Gasteiger partial charge in [-0.1, -0.05) is 18.2 Å². The summed E-state index contributed by atoms with van der Waals surface area (Å²) in [4.78, 5) is 26.7. The number of morpholine rings is 1. The number of rotatable bonds is 12. The highest BCUT2D eigenvalue weighted by Crippen LogP contribution is 2.32. The molecule has 2 amide bonds. The van der Waals surface area contributed by atoms with Crippen LogP contribution >= 0.6 is 0 Å². The summed E-state index contributed by atoms with van der Waals surface area (Å²) < 4.78 is 49.5. The lowest BCUT2D eigenvalue weighted by Crippen LogP contribution is -2.42. The van der Waals surface area contributed by atoms with Gasteiger partial charge in [-0.05, 0) is 54.1 Å². The SMILES string of the molecule is COc1ccc(S(=O)(=O)N(CC(=O)N/N=C\c2ccc(OCC(=O)N3CCOCC3)cc2)c2ccccc2)cc1OC. The molecule has 4 rings (SSSR count). The number of nitrogens with one attached hydrogen (secondary N) is 1. The van der Waals surface area contributed by atoms with E-state index in [0.717, 1.165) is 4.31 Å². The minimum Gasteiger partial charge on any atom is -0.493 e.